The number of carbonyl (C=O) groups excluding carboxylic acids is 2. The van der Waals surface area contributed by atoms with E-state index in [-0.39, 0.29) is 39.8 Å². The first kappa shape index (κ1) is 33.4. The van der Waals surface area contributed by atoms with E-state index in [9.17, 15) is 23.3 Å². The second-order valence-electron chi connectivity index (χ2n) is 12.3. The van der Waals surface area contributed by atoms with E-state index in [1.54, 1.807) is 42.2 Å². The molecule has 13 heteroatoms. The minimum Gasteiger partial charge on any atom is -0.478 e. The first-order chi connectivity index (χ1) is 23.2. The van der Waals surface area contributed by atoms with Crippen molar-refractivity contribution in [2.45, 2.75) is 49.6 Å². The number of ether oxygens (including phenoxy) is 1. The number of fused-ring (bicyclic) bond motifs is 1. The average molecular weight is 672 g/mol. The van der Waals surface area contributed by atoms with E-state index < -0.39 is 27.5 Å². The van der Waals surface area contributed by atoms with Gasteiger partial charge in [0.15, 0.2) is 5.54 Å². The van der Waals surface area contributed by atoms with Gasteiger partial charge in [-0.3, -0.25) is 9.69 Å². The third kappa shape index (κ3) is 6.00. The molecule has 3 aliphatic heterocycles. The Labute approximate surface area is 281 Å². The minimum atomic E-state index is -4.45. The number of nitriles is 1. The highest BCUT2D eigenvalue weighted by Gasteiger charge is 2.59. The highest BCUT2D eigenvalue weighted by atomic mass is 32.2. The van der Waals surface area contributed by atoms with E-state index in [0.29, 0.717) is 19.1 Å². The Morgan fingerprint density at radius 3 is 2.40 bits per heavy atom. The number of likely N-dealkylation sites (tertiary alicyclic amines) is 1. The highest BCUT2D eigenvalue weighted by molar-refractivity contribution is 7.93. The van der Waals surface area contributed by atoms with E-state index in [1.165, 1.54) is 36.5 Å². The molecule has 2 aromatic carbocycles. The van der Waals surface area contributed by atoms with Crippen LogP contribution in [0.15, 0.2) is 71.8 Å². The summed E-state index contributed by atoms with van der Waals surface area (Å²) in [5.74, 6) is -0.847. The second-order valence-corrected chi connectivity index (χ2v) is 14.1. The Hall–Kier alpha value is -4.51. The van der Waals surface area contributed by atoms with Crippen LogP contribution in [-0.2, 0) is 20.4 Å². The van der Waals surface area contributed by atoms with Gasteiger partial charge in [-0.05, 0) is 75.2 Å². The third-order valence-corrected chi connectivity index (χ3v) is 11.2. The van der Waals surface area contributed by atoms with Crippen LogP contribution in [0.25, 0.3) is 0 Å². The van der Waals surface area contributed by atoms with Crippen LogP contribution in [0.3, 0.4) is 0 Å². The number of urea groups is 1. The van der Waals surface area contributed by atoms with Gasteiger partial charge in [-0.25, -0.2) is 18.2 Å². The fourth-order valence-electron chi connectivity index (χ4n) is 7.11. The second kappa shape index (κ2) is 13.9. The van der Waals surface area contributed by atoms with Crippen molar-refractivity contribution < 1.29 is 22.7 Å². The highest BCUT2D eigenvalue weighted by Crippen LogP contribution is 2.49. The summed E-state index contributed by atoms with van der Waals surface area (Å²) < 4.78 is 35.0. The molecule has 3 aliphatic rings. The monoisotopic (exact) mass is 671 g/mol. The van der Waals surface area contributed by atoms with Gasteiger partial charge in [0, 0.05) is 57.1 Å². The van der Waals surface area contributed by atoms with Crippen LogP contribution >= 0.6 is 0 Å². The van der Waals surface area contributed by atoms with Crippen LogP contribution in [0.5, 0.6) is 5.88 Å². The van der Waals surface area contributed by atoms with E-state index in [0.717, 1.165) is 56.3 Å². The summed E-state index contributed by atoms with van der Waals surface area (Å²) in [7, 11) is -4.45. The Morgan fingerprint density at radius 2 is 1.73 bits per heavy atom. The number of piperidine rings is 1. The quantitative estimate of drug-likeness (QED) is 0.362. The topological polar surface area (TPSA) is 139 Å². The van der Waals surface area contributed by atoms with Crippen LogP contribution in [0.1, 0.15) is 49.8 Å². The van der Waals surface area contributed by atoms with Gasteiger partial charge in [-0.1, -0.05) is 25.1 Å². The number of piperazine rings is 1. The fourth-order valence-corrected chi connectivity index (χ4v) is 8.60. The summed E-state index contributed by atoms with van der Waals surface area (Å²) in [5.41, 5.74) is -1.51. The molecule has 0 spiro atoms. The molecule has 252 valence electrons. The Balaban J connectivity index is 1.37. The summed E-state index contributed by atoms with van der Waals surface area (Å²) in [4.78, 5) is 40.2. The molecule has 1 atom stereocenters. The van der Waals surface area contributed by atoms with Gasteiger partial charge in [-0.2, -0.15) is 9.57 Å². The number of nitrogens with one attached hydrogen (secondary N) is 1. The number of rotatable bonds is 9. The van der Waals surface area contributed by atoms with Gasteiger partial charge < -0.3 is 19.9 Å². The molecule has 0 radical (unpaired) electrons. The number of nitrogens with zero attached hydrogens (tertiary/aromatic N) is 6. The molecule has 0 saturated carbocycles. The first-order valence-electron chi connectivity index (χ1n) is 16.6. The van der Waals surface area contributed by atoms with Gasteiger partial charge in [0.25, 0.3) is 15.9 Å². The minimum absolute atomic E-state index is 0.0374. The van der Waals surface area contributed by atoms with E-state index in [2.05, 4.69) is 33.1 Å². The van der Waals surface area contributed by atoms with Crippen molar-refractivity contribution in [3.8, 4) is 11.9 Å². The fraction of sp³-hybridized carbons (Fsp3) is 0.429. The number of pyridine rings is 1. The third-order valence-electron chi connectivity index (χ3n) is 9.50. The maximum atomic E-state index is 14.9. The normalized spacial score (nSPS) is 20.7. The van der Waals surface area contributed by atoms with Crippen LogP contribution in [0, 0.1) is 11.3 Å². The molecular weight excluding hydrogens is 630 g/mol. The van der Waals surface area contributed by atoms with Gasteiger partial charge in [0.2, 0.25) is 5.88 Å². The molecular formula is C35H41N7O5S. The molecule has 1 N–H and O–H groups in total. The number of sulfonamides is 1. The number of amides is 3. The smallest absolute Gasteiger partial charge is 0.318 e. The molecule has 0 aliphatic carbocycles. The van der Waals surface area contributed by atoms with Gasteiger partial charge in [0.05, 0.1) is 34.4 Å². The molecule has 3 amide bonds. The van der Waals surface area contributed by atoms with Crippen molar-refractivity contribution in [3.05, 3.63) is 83.6 Å². The number of hydrogen-bond donors (Lipinski definition) is 1. The molecule has 1 aromatic heterocycles. The number of carbonyl (C=O) groups is 2. The predicted octanol–water partition coefficient (Wildman–Crippen LogP) is 3.53. The summed E-state index contributed by atoms with van der Waals surface area (Å²) in [6.07, 6.45) is 4.20. The molecule has 0 bridgehead atoms. The van der Waals surface area contributed by atoms with Crippen molar-refractivity contribution in [3.63, 3.8) is 0 Å². The van der Waals surface area contributed by atoms with Crippen LogP contribution in [0.4, 0.5) is 10.5 Å². The van der Waals surface area contributed by atoms with Gasteiger partial charge in [0.1, 0.15) is 0 Å². The van der Waals surface area contributed by atoms with Crippen LogP contribution in [-0.4, -0.2) is 98.5 Å². The molecule has 2 saturated heterocycles. The average Bonchev–Trinajstić information content (AvgIpc) is 3.37. The van der Waals surface area contributed by atoms with Crippen LogP contribution in [0.2, 0.25) is 0 Å². The van der Waals surface area contributed by atoms with Crippen molar-refractivity contribution >= 4 is 27.6 Å². The number of anilines is 1. The zero-order valence-electron chi connectivity index (χ0n) is 27.3. The molecule has 48 heavy (non-hydrogen) atoms. The lowest BCUT2D eigenvalue weighted by molar-refractivity contribution is -0.121. The summed E-state index contributed by atoms with van der Waals surface area (Å²) >= 11 is 0. The lowest BCUT2D eigenvalue weighted by atomic mass is 9.83. The lowest BCUT2D eigenvalue weighted by Gasteiger charge is -2.43. The van der Waals surface area contributed by atoms with Crippen molar-refractivity contribution in [2.75, 3.05) is 56.7 Å². The maximum absolute atomic E-state index is 14.9. The number of hydrogen-bond acceptors (Lipinski definition) is 9. The molecule has 2 fully saturated rings. The zero-order valence-corrected chi connectivity index (χ0v) is 28.2. The summed E-state index contributed by atoms with van der Waals surface area (Å²) in [6, 6.07) is 17.1. The van der Waals surface area contributed by atoms with Gasteiger partial charge >= 0.3 is 6.03 Å². The maximum Gasteiger partial charge on any atom is 0.318 e. The SMILES string of the molecule is CCCN1CCN(C2CCN(C(=O)NC3(c4cccnc4OCC)C(=O)N(S(=O)(=O)c4ccccc4)c4ccc(C#N)cc43)CC2)CC1. The molecule has 3 aromatic rings. The standard InChI is InChI=1S/C35H41N7O5S/c1-3-17-39-20-22-40(23-21-39)27-14-18-41(19-15-27)34(44)38-35(29-11-8-16-37-32(29)47-4-2)30-24-26(25-36)12-13-31(30)42(33(35)43)48(45,46)28-9-6-5-7-10-28/h5-13,16,24,27H,3-4,14-15,17-23H2,1-2H3,(H,38,44). The number of benzene rings is 2. The molecule has 12 nitrogen and oxygen atoms in total. The lowest BCUT2D eigenvalue weighted by Crippen LogP contribution is -2.59. The largest absolute Gasteiger partial charge is 0.478 e. The van der Waals surface area contributed by atoms with Crippen molar-refractivity contribution in [1.29, 1.82) is 5.26 Å². The zero-order chi connectivity index (χ0) is 33.9. The van der Waals surface area contributed by atoms with E-state index >= 15 is 0 Å². The molecule has 4 heterocycles. The summed E-state index contributed by atoms with van der Waals surface area (Å²) in [6.45, 7) is 10.3. The van der Waals surface area contributed by atoms with E-state index in [4.69, 9.17) is 4.74 Å². The van der Waals surface area contributed by atoms with Crippen LogP contribution < -0.4 is 14.4 Å². The molecule has 6 rings (SSSR count). The van der Waals surface area contributed by atoms with Crippen molar-refractivity contribution in [2.24, 2.45) is 0 Å². The predicted molar refractivity (Wildman–Crippen MR) is 180 cm³/mol. The van der Waals surface area contributed by atoms with Crippen molar-refractivity contribution in [1.82, 2.24) is 25.0 Å². The Bertz CT molecular complexity index is 1800. The molecule has 1 unspecified atom stereocenters. The van der Waals surface area contributed by atoms with Gasteiger partial charge in [-0.15, -0.1) is 0 Å². The first-order valence-corrected chi connectivity index (χ1v) is 18.0. The Morgan fingerprint density at radius 1 is 1.00 bits per heavy atom. The summed E-state index contributed by atoms with van der Waals surface area (Å²) in [5, 5.41) is 12.9. The Kier molecular flexibility index (Phi) is 9.68. The number of aromatic nitrogens is 1. The van der Waals surface area contributed by atoms with E-state index in [1.807, 2.05) is 0 Å².